The normalized spacial score (nSPS) is 11.4. The Kier molecular flexibility index (Phi) is 4.44. The molecule has 0 saturated heterocycles. The van der Waals surface area contributed by atoms with E-state index < -0.39 is 0 Å². The van der Waals surface area contributed by atoms with Gasteiger partial charge in [-0.25, -0.2) is 0 Å². The molecule has 0 fully saturated rings. The summed E-state index contributed by atoms with van der Waals surface area (Å²) in [6.45, 7) is 4.01. The van der Waals surface area contributed by atoms with E-state index >= 15 is 0 Å². The van der Waals surface area contributed by atoms with Crippen LogP contribution in [0.3, 0.4) is 0 Å². The Balaban J connectivity index is 2.24. The number of halogens is 1. The van der Waals surface area contributed by atoms with Crippen molar-refractivity contribution in [3.63, 3.8) is 0 Å². The molecule has 3 aromatic rings. The molecule has 2 heterocycles. The summed E-state index contributed by atoms with van der Waals surface area (Å²) in [5.41, 5.74) is 1.19. The molecule has 0 spiro atoms. The number of nitrogens with zero attached hydrogens (tertiary/aromatic N) is 3. The molecule has 0 amide bonds. The molecule has 0 atom stereocenters. The topological polar surface area (TPSA) is 62.7 Å². The number of rotatable bonds is 4. The van der Waals surface area contributed by atoms with Gasteiger partial charge in [0.2, 0.25) is 10.7 Å². The number of benzene rings is 1. The summed E-state index contributed by atoms with van der Waals surface area (Å²) in [5, 5.41) is 5.96. The van der Waals surface area contributed by atoms with Crippen molar-refractivity contribution >= 4 is 44.1 Å². The number of thioether (sulfide) groups is 1. The van der Waals surface area contributed by atoms with Crippen molar-refractivity contribution < 1.29 is 4.52 Å². The molecule has 0 bridgehead atoms. The maximum Gasteiger partial charge on any atom is 0.321 e. The van der Waals surface area contributed by atoms with Gasteiger partial charge in [-0.2, -0.15) is 0 Å². The quantitative estimate of drug-likeness (QED) is 0.327. The second-order valence-electron chi connectivity index (χ2n) is 5.04. The molecule has 0 aliphatic rings. The lowest BCUT2D eigenvalue weighted by molar-refractivity contribution is -0.596. The lowest BCUT2D eigenvalue weighted by Crippen LogP contribution is -2.38. The van der Waals surface area contributed by atoms with Gasteiger partial charge in [0.05, 0.1) is 5.39 Å². The number of hydrogen-bond acceptors (Lipinski definition) is 4. The Bertz CT molecular complexity index is 909. The van der Waals surface area contributed by atoms with Gasteiger partial charge in [0.25, 0.3) is 0 Å². The minimum Gasteiger partial charge on any atom is -0.295 e. The number of unbranched alkanes of at least 4 members (excludes halogenated alkanes) is 1. The predicted octanol–water partition coefficient (Wildman–Crippen LogP) is 3.02. The zero-order chi connectivity index (χ0) is 15.7. The van der Waals surface area contributed by atoms with Crippen molar-refractivity contribution in [2.45, 2.75) is 31.8 Å². The van der Waals surface area contributed by atoms with E-state index in [1.165, 1.54) is 0 Å². The first-order valence-electron chi connectivity index (χ1n) is 7.15. The van der Waals surface area contributed by atoms with E-state index in [-0.39, 0.29) is 5.56 Å². The maximum absolute atomic E-state index is 12.5. The zero-order valence-corrected chi connectivity index (χ0v) is 14.8. The fourth-order valence-corrected chi connectivity index (χ4v) is 3.58. The van der Waals surface area contributed by atoms with Crippen LogP contribution in [-0.4, -0.2) is 20.8 Å². The number of H-pyrrole nitrogens is 1. The molecule has 114 valence electrons. The average molecular weight is 380 g/mol. The predicted molar refractivity (Wildman–Crippen MR) is 91.4 cm³/mol. The van der Waals surface area contributed by atoms with E-state index in [0.29, 0.717) is 16.5 Å². The summed E-state index contributed by atoms with van der Waals surface area (Å²) in [7, 11) is 0. The SMILES string of the molecule is CCCCSc1n[n+]2c(C)nc3ccc(Br)cc3c2c(=O)[nH]1. The van der Waals surface area contributed by atoms with Crippen molar-refractivity contribution in [2.24, 2.45) is 0 Å². The molecule has 1 N–H and O–H groups in total. The number of aromatic amines is 1. The highest BCUT2D eigenvalue weighted by Crippen LogP contribution is 2.20. The van der Waals surface area contributed by atoms with E-state index in [9.17, 15) is 4.79 Å². The van der Waals surface area contributed by atoms with E-state index in [4.69, 9.17) is 0 Å². The Labute approximate surface area is 140 Å². The minimum absolute atomic E-state index is 0.136. The first kappa shape index (κ1) is 15.4. The lowest BCUT2D eigenvalue weighted by atomic mass is 10.2. The summed E-state index contributed by atoms with van der Waals surface area (Å²) in [5.74, 6) is 1.64. The first-order chi connectivity index (χ1) is 10.6. The van der Waals surface area contributed by atoms with Crippen LogP contribution in [0, 0.1) is 6.92 Å². The van der Waals surface area contributed by atoms with Gasteiger partial charge in [0.15, 0.2) is 5.52 Å². The molecule has 0 unspecified atom stereocenters. The van der Waals surface area contributed by atoms with Crippen LogP contribution in [0.25, 0.3) is 16.4 Å². The number of hydrogen-bond donors (Lipinski definition) is 1. The number of fused-ring (bicyclic) bond motifs is 3. The summed E-state index contributed by atoms with van der Waals surface area (Å²) < 4.78 is 2.55. The molecule has 5 nitrogen and oxygen atoms in total. The third-order valence-electron chi connectivity index (χ3n) is 3.38. The van der Waals surface area contributed by atoms with E-state index in [1.807, 2.05) is 25.1 Å². The fraction of sp³-hybridized carbons (Fsp3) is 0.333. The first-order valence-corrected chi connectivity index (χ1v) is 8.93. The van der Waals surface area contributed by atoms with E-state index in [2.05, 4.69) is 37.9 Å². The molecule has 0 saturated carbocycles. The second-order valence-corrected chi connectivity index (χ2v) is 7.04. The highest BCUT2D eigenvalue weighted by atomic mass is 79.9. The van der Waals surface area contributed by atoms with Crippen molar-refractivity contribution in [1.82, 2.24) is 15.1 Å². The number of aromatic nitrogens is 4. The Morgan fingerprint density at radius 1 is 1.41 bits per heavy atom. The van der Waals surface area contributed by atoms with E-state index in [0.717, 1.165) is 34.0 Å². The number of aryl methyl sites for hydroxylation is 1. The van der Waals surface area contributed by atoms with Crippen LogP contribution >= 0.6 is 27.7 Å². The maximum atomic E-state index is 12.5. The van der Waals surface area contributed by atoms with Crippen LogP contribution in [0.2, 0.25) is 0 Å². The van der Waals surface area contributed by atoms with Crippen molar-refractivity contribution in [3.8, 4) is 0 Å². The van der Waals surface area contributed by atoms with Crippen molar-refractivity contribution in [3.05, 3.63) is 38.9 Å². The standard InChI is InChI=1S/C15H15BrN4OS/c1-3-4-7-22-15-18-14(21)13-11-8-10(16)5-6-12(11)17-9(2)20(13)19-15/h5-6,8H,3-4,7H2,1-2H3/p+1. The Morgan fingerprint density at radius 2 is 2.23 bits per heavy atom. The van der Waals surface area contributed by atoms with Gasteiger partial charge in [-0.1, -0.05) is 50.7 Å². The van der Waals surface area contributed by atoms with Gasteiger partial charge in [0.1, 0.15) is 0 Å². The van der Waals surface area contributed by atoms with Crippen LogP contribution in [0.1, 0.15) is 25.6 Å². The average Bonchev–Trinajstić information content (AvgIpc) is 2.48. The van der Waals surface area contributed by atoms with Gasteiger partial charge in [-0.15, -0.1) is 0 Å². The molecule has 0 aliphatic carbocycles. The molecule has 0 aliphatic heterocycles. The van der Waals surface area contributed by atoms with Gasteiger partial charge in [-0.05, 0) is 29.6 Å². The van der Waals surface area contributed by atoms with Crippen LogP contribution in [0.15, 0.2) is 32.6 Å². The van der Waals surface area contributed by atoms with Crippen molar-refractivity contribution in [2.75, 3.05) is 5.75 Å². The minimum atomic E-state index is -0.136. The lowest BCUT2D eigenvalue weighted by Gasteiger charge is -2.02. The van der Waals surface area contributed by atoms with Gasteiger partial charge < -0.3 is 0 Å². The van der Waals surface area contributed by atoms with Crippen LogP contribution < -0.4 is 10.1 Å². The smallest absolute Gasteiger partial charge is 0.295 e. The van der Waals surface area contributed by atoms with Gasteiger partial charge in [-0.3, -0.25) is 9.78 Å². The molecular weight excluding hydrogens is 364 g/mol. The second kappa shape index (κ2) is 6.34. The fourth-order valence-electron chi connectivity index (χ4n) is 2.28. The monoisotopic (exact) mass is 379 g/mol. The highest BCUT2D eigenvalue weighted by Gasteiger charge is 2.19. The van der Waals surface area contributed by atoms with Crippen LogP contribution in [0.5, 0.6) is 0 Å². The van der Waals surface area contributed by atoms with Crippen LogP contribution in [-0.2, 0) is 0 Å². The Morgan fingerprint density at radius 3 is 3.00 bits per heavy atom. The van der Waals surface area contributed by atoms with Crippen molar-refractivity contribution in [1.29, 1.82) is 0 Å². The largest absolute Gasteiger partial charge is 0.321 e. The Hall–Kier alpha value is -1.47. The molecular formula is C15H16BrN4OS+. The molecule has 0 radical (unpaired) electrons. The third-order valence-corrected chi connectivity index (χ3v) is 4.82. The molecule has 7 heteroatoms. The summed E-state index contributed by atoms with van der Waals surface area (Å²) >= 11 is 5.01. The molecule has 22 heavy (non-hydrogen) atoms. The molecule has 1 aromatic carbocycles. The summed E-state index contributed by atoms with van der Waals surface area (Å²) in [6, 6.07) is 5.72. The van der Waals surface area contributed by atoms with Gasteiger partial charge in [0, 0.05) is 17.1 Å². The van der Waals surface area contributed by atoms with E-state index in [1.54, 1.807) is 16.3 Å². The summed E-state index contributed by atoms with van der Waals surface area (Å²) in [4.78, 5) is 20.0. The summed E-state index contributed by atoms with van der Waals surface area (Å²) in [6.07, 6.45) is 2.22. The molecule has 3 rings (SSSR count). The van der Waals surface area contributed by atoms with Crippen LogP contribution in [0.4, 0.5) is 0 Å². The zero-order valence-electron chi connectivity index (χ0n) is 12.4. The van der Waals surface area contributed by atoms with Gasteiger partial charge >= 0.3 is 11.4 Å². The molecule has 2 aromatic heterocycles. The third kappa shape index (κ3) is 2.87. The number of nitrogens with one attached hydrogen (secondary N) is 1. The highest BCUT2D eigenvalue weighted by molar-refractivity contribution is 9.10.